The van der Waals surface area contributed by atoms with Gasteiger partial charge in [-0.15, -0.1) is 0 Å². The summed E-state index contributed by atoms with van der Waals surface area (Å²) in [5, 5.41) is 0. The van der Waals surface area contributed by atoms with Gasteiger partial charge in [0, 0.05) is 17.7 Å². The molecule has 20 heavy (non-hydrogen) atoms. The summed E-state index contributed by atoms with van der Waals surface area (Å²) in [6.45, 7) is 4.67. The second-order valence-electron chi connectivity index (χ2n) is 5.07. The van der Waals surface area contributed by atoms with Gasteiger partial charge in [0.1, 0.15) is 17.2 Å². The average Bonchev–Trinajstić information content (AvgIpc) is 2.80. The van der Waals surface area contributed by atoms with E-state index in [4.69, 9.17) is 0 Å². The van der Waals surface area contributed by atoms with Gasteiger partial charge in [-0.1, -0.05) is 37.6 Å². The molecule has 1 aliphatic rings. The van der Waals surface area contributed by atoms with E-state index in [1.165, 1.54) is 0 Å². The average molecular weight is 268 g/mol. The molecule has 1 aromatic heterocycles. The van der Waals surface area contributed by atoms with E-state index in [1.807, 2.05) is 11.5 Å². The molecule has 0 amide bonds. The molecule has 0 spiro atoms. The van der Waals surface area contributed by atoms with Crippen LogP contribution in [0.25, 0.3) is 0 Å². The molecule has 4 nitrogen and oxygen atoms in total. The Balaban J connectivity index is 2.18. The number of aromatic nitrogens is 2. The van der Waals surface area contributed by atoms with Gasteiger partial charge in [-0.3, -0.25) is 9.59 Å². The fraction of sp³-hybridized carbons (Fsp3) is 0.312. The smallest absolute Gasteiger partial charge is 0.214 e. The van der Waals surface area contributed by atoms with Gasteiger partial charge in [0.25, 0.3) is 0 Å². The predicted molar refractivity (Wildman–Crippen MR) is 75.2 cm³/mol. The summed E-state index contributed by atoms with van der Waals surface area (Å²) in [5.41, 5.74) is 1.72. The van der Waals surface area contributed by atoms with Gasteiger partial charge in [0.05, 0.1) is 0 Å². The highest BCUT2D eigenvalue weighted by molar-refractivity contribution is 6.27. The maximum absolute atomic E-state index is 12.6. The van der Waals surface area contributed by atoms with E-state index in [0.29, 0.717) is 22.5 Å². The Morgan fingerprint density at radius 1 is 1.10 bits per heavy atom. The lowest BCUT2D eigenvalue weighted by atomic mass is 9.90. The van der Waals surface area contributed by atoms with Gasteiger partial charge in [-0.2, -0.15) is 0 Å². The molecule has 0 atom stereocenters. The first kappa shape index (κ1) is 12.8. The summed E-state index contributed by atoms with van der Waals surface area (Å²) >= 11 is 0. The highest BCUT2D eigenvalue weighted by atomic mass is 16.1. The minimum absolute atomic E-state index is 0.0908. The van der Waals surface area contributed by atoms with Crippen LogP contribution in [0.4, 0.5) is 0 Å². The standard InChI is InChI=1S/C16H16N2O2/c1-3-4-9-18-10(2)17-13-14(18)16(20)12-8-6-5-7-11(12)15(13)19/h5-8H,3-4,9H2,1-2H3. The van der Waals surface area contributed by atoms with Crippen LogP contribution in [-0.4, -0.2) is 21.1 Å². The third-order valence-corrected chi connectivity index (χ3v) is 3.74. The van der Waals surface area contributed by atoms with Crippen molar-refractivity contribution >= 4 is 11.6 Å². The SMILES string of the molecule is CCCCn1c(C)nc2c1C(=O)c1ccccc1C2=O. The molecule has 4 heteroatoms. The number of ketones is 2. The Labute approximate surface area is 117 Å². The monoisotopic (exact) mass is 268 g/mol. The second kappa shape index (κ2) is 4.71. The molecule has 0 fully saturated rings. The topological polar surface area (TPSA) is 52.0 Å². The van der Waals surface area contributed by atoms with Gasteiger partial charge in [-0.05, 0) is 13.3 Å². The fourth-order valence-electron chi connectivity index (χ4n) is 2.68. The van der Waals surface area contributed by atoms with Crippen molar-refractivity contribution < 1.29 is 9.59 Å². The van der Waals surface area contributed by atoms with E-state index in [-0.39, 0.29) is 11.6 Å². The quantitative estimate of drug-likeness (QED) is 0.734. The van der Waals surface area contributed by atoms with Crippen LogP contribution < -0.4 is 0 Å². The van der Waals surface area contributed by atoms with Crippen molar-refractivity contribution in [3.63, 3.8) is 0 Å². The van der Waals surface area contributed by atoms with Gasteiger partial charge in [0.15, 0.2) is 0 Å². The van der Waals surface area contributed by atoms with E-state index in [1.54, 1.807) is 24.3 Å². The minimum atomic E-state index is -0.145. The van der Waals surface area contributed by atoms with Crippen LogP contribution in [-0.2, 0) is 6.54 Å². The van der Waals surface area contributed by atoms with Crippen LogP contribution in [0.2, 0.25) is 0 Å². The summed E-state index contributed by atoms with van der Waals surface area (Å²) in [6, 6.07) is 6.97. The van der Waals surface area contributed by atoms with Crippen LogP contribution >= 0.6 is 0 Å². The number of imidazole rings is 1. The zero-order valence-corrected chi connectivity index (χ0v) is 11.6. The highest BCUT2D eigenvalue weighted by Crippen LogP contribution is 2.27. The van der Waals surface area contributed by atoms with Crippen LogP contribution in [0.1, 0.15) is 57.7 Å². The lowest BCUT2D eigenvalue weighted by molar-refractivity contribution is 0.0971. The molecule has 0 saturated carbocycles. The van der Waals surface area contributed by atoms with Crippen LogP contribution in [0, 0.1) is 6.92 Å². The lowest BCUT2D eigenvalue weighted by Gasteiger charge is -2.15. The number of unbranched alkanes of at least 4 members (excludes halogenated alkanes) is 1. The molecule has 0 N–H and O–H groups in total. The van der Waals surface area contributed by atoms with Gasteiger partial charge >= 0.3 is 0 Å². The molecule has 102 valence electrons. The van der Waals surface area contributed by atoms with E-state index >= 15 is 0 Å². The second-order valence-corrected chi connectivity index (χ2v) is 5.07. The van der Waals surface area contributed by atoms with Crippen LogP contribution in [0.15, 0.2) is 24.3 Å². The summed E-state index contributed by atoms with van der Waals surface area (Å²) in [7, 11) is 0. The fourth-order valence-corrected chi connectivity index (χ4v) is 2.68. The Morgan fingerprint density at radius 2 is 1.75 bits per heavy atom. The van der Waals surface area contributed by atoms with Gasteiger partial charge < -0.3 is 4.57 Å². The number of hydrogen-bond acceptors (Lipinski definition) is 3. The van der Waals surface area contributed by atoms with Crippen molar-refractivity contribution in [1.82, 2.24) is 9.55 Å². The van der Waals surface area contributed by atoms with Gasteiger partial charge in [-0.25, -0.2) is 4.98 Å². The molecule has 1 aromatic carbocycles. The first-order valence-corrected chi connectivity index (χ1v) is 6.90. The molecular formula is C16H16N2O2. The number of hydrogen-bond donors (Lipinski definition) is 0. The highest BCUT2D eigenvalue weighted by Gasteiger charge is 2.34. The number of rotatable bonds is 3. The largest absolute Gasteiger partial charge is 0.325 e. The minimum Gasteiger partial charge on any atom is -0.325 e. The molecule has 0 saturated heterocycles. The Morgan fingerprint density at radius 3 is 2.40 bits per heavy atom. The summed E-state index contributed by atoms with van der Waals surface area (Å²) in [5.74, 6) is 0.499. The van der Waals surface area contributed by atoms with Crippen molar-refractivity contribution in [3.8, 4) is 0 Å². The van der Waals surface area contributed by atoms with Crippen molar-refractivity contribution in [1.29, 1.82) is 0 Å². The van der Waals surface area contributed by atoms with E-state index in [0.717, 1.165) is 25.2 Å². The molecule has 3 rings (SSSR count). The predicted octanol–water partition coefficient (Wildman–Crippen LogP) is 2.77. The summed E-state index contributed by atoms with van der Waals surface area (Å²) in [6.07, 6.45) is 2.00. The molecule has 1 aliphatic carbocycles. The van der Waals surface area contributed by atoms with Crippen molar-refractivity contribution in [2.75, 3.05) is 0 Å². The molecule has 2 aromatic rings. The summed E-state index contributed by atoms with van der Waals surface area (Å²) < 4.78 is 1.88. The van der Waals surface area contributed by atoms with Gasteiger partial charge in [0.2, 0.25) is 11.6 Å². The Hall–Kier alpha value is -2.23. The molecule has 1 heterocycles. The maximum Gasteiger partial charge on any atom is 0.214 e. The number of benzene rings is 1. The number of carbonyl (C=O) groups is 2. The Kier molecular flexibility index (Phi) is 3.01. The number of carbonyl (C=O) groups excluding carboxylic acids is 2. The molecule has 0 bridgehead atoms. The molecule has 0 radical (unpaired) electrons. The third kappa shape index (κ3) is 1.72. The molecular weight excluding hydrogens is 252 g/mol. The first-order valence-electron chi connectivity index (χ1n) is 6.90. The van der Waals surface area contributed by atoms with Crippen LogP contribution in [0.5, 0.6) is 0 Å². The number of aryl methyl sites for hydroxylation is 1. The van der Waals surface area contributed by atoms with E-state index in [2.05, 4.69) is 11.9 Å². The molecule has 0 unspecified atom stereocenters. The number of fused-ring (bicyclic) bond motifs is 2. The van der Waals surface area contributed by atoms with Crippen LogP contribution in [0.3, 0.4) is 0 Å². The van der Waals surface area contributed by atoms with Crippen molar-refractivity contribution in [2.24, 2.45) is 0 Å². The number of nitrogens with zero attached hydrogens (tertiary/aromatic N) is 2. The van der Waals surface area contributed by atoms with E-state index < -0.39 is 0 Å². The lowest BCUT2D eigenvalue weighted by Crippen LogP contribution is -2.23. The zero-order valence-electron chi connectivity index (χ0n) is 11.6. The normalized spacial score (nSPS) is 13.3. The maximum atomic E-state index is 12.6. The molecule has 0 aliphatic heterocycles. The van der Waals surface area contributed by atoms with Crippen molar-refractivity contribution in [2.45, 2.75) is 33.2 Å². The van der Waals surface area contributed by atoms with Crippen molar-refractivity contribution in [3.05, 3.63) is 52.6 Å². The zero-order chi connectivity index (χ0) is 14.3. The third-order valence-electron chi connectivity index (χ3n) is 3.74. The van der Waals surface area contributed by atoms with E-state index in [9.17, 15) is 9.59 Å². The summed E-state index contributed by atoms with van der Waals surface area (Å²) in [4.78, 5) is 29.4. The Bertz CT molecular complexity index is 713. The first-order chi connectivity index (χ1) is 9.65.